The van der Waals surface area contributed by atoms with Gasteiger partial charge in [0.2, 0.25) is 6.61 Å². The number of rotatable bonds is 4. The van der Waals surface area contributed by atoms with Crippen LogP contribution in [-0.4, -0.2) is 37.1 Å². The van der Waals surface area contributed by atoms with Gasteiger partial charge in [-0.05, 0) is 28.1 Å². The van der Waals surface area contributed by atoms with Gasteiger partial charge in [0.1, 0.15) is 0 Å². The summed E-state index contributed by atoms with van der Waals surface area (Å²) in [6.07, 6.45) is 2.24. The number of benzene rings is 1. The van der Waals surface area contributed by atoms with Gasteiger partial charge >= 0.3 is 5.97 Å². The molecule has 0 amide bonds. The van der Waals surface area contributed by atoms with Crippen LogP contribution in [0.15, 0.2) is 21.8 Å². The molecule has 1 aromatic carbocycles. The maximum atomic E-state index is 10.3. The van der Waals surface area contributed by atoms with E-state index in [-0.39, 0.29) is 0 Å². The number of oxime groups is 1. The summed E-state index contributed by atoms with van der Waals surface area (Å²) in [7, 11) is 0. The van der Waals surface area contributed by atoms with E-state index >= 15 is 0 Å². The largest absolute Gasteiger partial charge is 0.489 e. The van der Waals surface area contributed by atoms with Crippen molar-refractivity contribution in [2.24, 2.45) is 5.16 Å². The minimum atomic E-state index is -1.07. The zero-order valence-electron chi connectivity index (χ0n) is 9.97. The van der Waals surface area contributed by atoms with Crippen molar-refractivity contribution in [2.75, 3.05) is 19.8 Å². The highest BCUT2D eigenvalue weighted by atomic mass is 79.9. The first kappa shape index (κ1) is 13.7. The van der Waals surface area contributed by atoms with Crippen LogP contribution in [0.2, 0.25) is 0 Å². The summed E-state index contributed by atoms with van der Waals surface area (Å²) < 4.78 is 11.9. The van der Waals surface area contributed by atoms with E-state index < -0.39 is 12.6 Å². The zero-order chi connectivity index (χ0) is 13.7. The van der Waals surface area contributed by atoms with Crippen molar-refractivity contribution in [1.82, 2.24) is 0 Å². The molecule has 1 heterocycles. The van der Waals surface area contributed by atoms with Crippen molar-refractivity contribution < 1.29 is 24.2 Å². The van der Waals surface area contributed by atoms with E-state index in [4.69, 9.17) is 14.6 Å². The predicted octanol–water partition coefficient (Wildman–Crippen LogP) is 2.05. The van der Waals surface area contributed by atoms with Crippen LogP contribution in [-0.2, 0) is 9.63 Å². The fraction of sp³-hybridized carbons (Fsp3) is 0.333. The molecule has 1 aliphatic rings. The molecule has 0 fully saturated rings. The van der Waals surface area contributed by atoms with Crippen LogP contribution in [0.4, 0.5) is 0 Å². The normalized spacial score (nSPS) is 14.2. The van der Waals surface area contributed by atoms with Crippen LogP contribution in [0.3, 0.4) is 0 Å². The number of fused-ring (bicyclic) bond motifs is 1. The molecular weight excluding hydrogens is 318 g/mol. The van der Waals surface area contributed by atoms with E-state index in [1.165, 1.54) is 6.21 Å². The second-order valence-electron chi connectivity index (χ2n) is 3.78. The Labute approximate surface area is 118 Å². The molecule has 1 aliphatic heterocycles. The maximum Gasteiger partial charge on any atom is 0.344 e. The number of carboxylic acids is 1. The Morgan fingerprint density at radius 1 is 1.47 bits per heavy atom. The SMILES string of the molecule is O=C(O)CON=Cc1cc(Br)c2c(c1)OCCCO2. The topological polar surface area (TPSA) is 77.4 Å². The molecule has 0 atom stereocenters. The molecule has 0 saturated carbocycles. The average molecular weight is 330 g/mol. The summed E-state index contributed by atoms with van der Waals surface area (Å²) in [4.78, 5) is 14.8. The van der Waals surface area contributed by atoms with E-state index in [9.17, 15) is 4.79 Å². The average Bonchev–Trinajstić information content (AvgIpc) is 2.60. The molecule has 0 aliphatic carbocycles. The summed E-state index contributed by atoms with van der Waals surface area (Å²) in [5.41, 5.74) is 0.724. The third-order valence-corrected chi connectivity index (χ3v) is 2.88. The zero-order valence-corrected chi connectivity index (χ0v) is 11.6. The summed E-state index contributed by atoms with van der Waals surface area (Å²) in [5.74, 6) is 0.227. The number of carbonyl (C=O) groups is 1. The standard InChI is InChI=1S/C12H12BrNO5/c13-9-4-8(6-14-19-7-11(15)16)5-10-12(9)18-3-1-2-17-10/h4-6H,1-3,7H2,(H,15,16). The molecule has 7 heteroatoms. The first-order chi connectivity index (χ1) is 9.16. The van der Waals surface area contributed by atoms with Crippen molar-refractivity contribution in [3.05, 3.63) is 22.2 Å². The van der Waals surface area contributed by atoms with E-state index in [2.05, 4.69) is 25.9 Å². The number of hydrogen-bond acceptors (Lipinski definition) is 5. The van der Waals surface area contributed by atoms with Crippen LogP contribution in [0.25, 0.3) is 0 Å². The highest BCUT2D eigenvalue weighted by Crippen LogP contribution is 2.37. The van der Waals surface area contributed by atoms with Crippen molar-refractivity contribution in [3.8, 4) is 11.5 Å². The van der Waals surface area contributed by atoms with Gasteiger partial charge in [-0.1, -0.05) is 5.16 Å². The quantitative estimate of drug-likeness (QED) is 0.675. The number of carboxylic acid groups (broad SMARTS) is 1. The van der Waals surface area contributed by atoms with Crippen LogP contribution in [0, 0.1) is 0 Å². The molecule has 1 N–H and O–H groups in total. The molecule has 0 saturated heterocycles. The molecule has 0 radical (unpaired) electrons. The summed E-state index contributed by atoms with van der Waals surface area (Å²) in [6, 6.07) is 3.56. The van der Waals surface area contributed by atoms with Crippen molar-refractivity contribution in [2.45, 2.75) is 6.42 Å². The second kappa shape index (κ2) is 6.42. The van der Waals surface area contributed by atoms with E-state index in [0.29, 0.717) is 24.7 Å². The summed E-state index contributed by atoms with van der Waals surface area (Å²) >= 11 is 3.40. The number of halogens is 1. The third-order valence-electron chi connectivity index (χ3n) is 2.29. The van der Waals surface area contributed by atoms with Crippen LogP contribution >= 0.6 is 15.9 Å². The molecule has 0 spiro atoms. The number of ether oxygens (including phenoxy) is 2. The molecule has 0 bridgehead atoms. The fourth-order valence-corrected chi connectivity index (χ4v) is 2.09. The Hall–Kier alpha value is -1.76. The lowest BCUT2D eigenvalue weighted by atomic mass is 10.2. The number of hydrogen-bond donors (Lipinski definition) is 1. The minimum Gasteiger partial charge on any atom is -0.489 e. The van der Waals surface area contributed by atoms with Gasteiger partial charge < -0.3 is 19.4 Å². The first-order valence-corrected chi connectivity index (χ1v) is 6.42. The molecule has 0 aromatic heterocycles. The first-order valence-electron chi connectivity index (χ1n) is 5.63. The Bertz CT molecular complexity index is 503. The Morgan fingerprint density at radius 2 is 2.26 bits per heavy atom. The summed E-state index contributed by atoms with van der Waals surface area (Å²) in [5, 5.41) is 12.0. The molecular formula is C12H12BrNO5. The summed E-state index contributed by atoms with van der Waals surface area (Å²) in [6.45, 7) is 0.735. The lowest BCUT2D eigenvalue weighted by Crippen LogP contribution is -2.03. The molecule has 102 valence electrons. The van der Waals surface area contributed by atoms with E-state index in [0.717, 1.165) is 16.5 Å². The van der Waals surface area contributed by atoms with Gasteiger partial charge in [-0.15, -0.1) is 0 Å². The van der Waals surface area contributed by atoms with Crippen molar-refractivity contribution in [1.29, 1.82) is 0 Å². The predicted molar refractivity (Wildman–Crippen MR) is 70.9 cm³/mol. The Morgan fingerprint density at radius 3 is 3.05 bits per heavy atom. The van der Waals surface area contributed by atoms with Gasteiger partial charge in [-0.25, -0.2) is 4.79 Å². The lowest BCUT2D eigenvalue weighted by molar-refractivity contribution is -0.142. The number of nitrogens with zero attached hydrogens (tertiary/aromatic N) is 1. The van der Waals surface area contributed by atoms with Crippen molar-refractivity contribution in [3.63, 3.8) is 0 Å². The Balaban J connectivity index is 2.12. The van der Waals surface area contributed by atoms with E-state index in [1.54, 1.807) is 12.1 Å². The molecule has 6 nitrogen and oxygen atoms in total. The van der Waals surface area contributed by atoms with E-state index in [1.807, 2.05) is 0 Å². The highest BCUT2D eigenvalue weighted by molar-refractivity contribution is 9.10. The minimum absolute atomic E-state index is 0.470. The maximum absolute atomic E-state index is 10.3. The van der Waals surface area contributed by atoms with Crippen LogP contribution < -0.4 is 9.47 Å². The van der Waals surface area contributed by atoms with Gasteiger partial charge in [0, 0.05) is 12.0 Å². The van der Waals surface area contributed by atoms with Gasteiger partial charge in [-0.2, -0.15) is 0 Å². The van der Waals surface area contributed by atoms with Crippen LogP contribution in [0.1, 0.15) is 12.0 Å². The molecule has 1 aromatic rings. The molecule has 0 unspecified atom stereocenters. The fourth-order valence-electron chi connectivity index (χ4n) is 1.52. The van der Waals surface area contributed by atoms with Gasteiger partial charge in [0.05, 0.1) is 23.9 Å². The third kappa shape index (κ3) is 3.85. The monoisotopic (exact) mass is 329 g/mol. The highest BCUT2D eigenvalue weighted by Gasteiger charge is 2.14. The smallest absolute Gasteiger partial charge is 0.344 e. The second-order valence-corrected chi connectivity index (χ2v) is 4.64. The molecule has 2 rings (SSSR count). The Kier molecular flexibility index (Phi) is 4.62. The van der Waals surface area contributed by atoms with Gasteiger partial charge in [0.25, 0.3) is 0 Å². The van der Waals surface area contributed by atoms with Crippen LogP contribution in [0.5, 0.6) is 11.5 Å². The van der Waals surface area contributed by atoms with Gasteiger partial charge in [0.15, 0.2) is 11.5 Å². The molecule has 19 heavy (non-hydrogen) atoms. The lowest BCUT2D eigenvalue weighted by Gasteiger charge is -2.09. The number of aliphatic carboxylic acids is 1. The van der Waals surface area contributed by atoms with Gasteiger partial charge in [-0.3, -0.25) is 0 Å². The van der Waals surface area contributed by atoms with Crippen molar-refractivity contribution >= 4 is 28.1 Å².